The van der Waals surface area contributed by atoms with E-state index in [1.54, 1.807) is 0 Å². The zero-order chi connectivity index (χ0) is 11.0. The molecule has 1 aliphatic carbocycles. The van der Waals surface area contributed by atoms with Gasteiger partial charge in [-0.25, -0.2) is 9.97 Å². The molecule has 2 atom stereocenters. The highest BCUT2D eigenvalue weighted by molar-refractivity contribution is 6.30. The van der Waals surface area contributed by atoms with E-state index >= 15 is 0 Å². The van der Waals surface area contributed by atoms with Gasteiger partial charge < -0.3 is 0 Å². The van der Waals surface area contributed by atoms with E-state index in [-0.39, 0.29) is 0 Å². The highest BCUT2D eigenvalue weighted by Crippen LogP contribution is 2.37. The van der Waals surface area contributed by atoms with Gasteiger partial charge in [-0.2, -0.15) is 0 Å². The molecule has 0 saturated heterocycles. The summed E-state index contributed by atoms with van der Waals surface area (Å²) in [4.78, 5) is 8.96. The summed E-state index contributed by atoms with van der Waals surface area (Å²) in [6, 6.07) is 0. The molecule has 15 heavy (non-hydrogen) atoms. The first-order chi connectivity index (χ1) is 7.08. The van der Waals surface area contributed by atoms with E-state index in [1.807, 2.05) is 13.8 Å². The van der Waals surface area contributed by atoms with Crippen molar-refractivity contribution in [3.05, 3.63) is 22.2 Å². The van der Waals surface area contributed by atoms with Crippen LogP contribution >= 0.6 is 11.6 Å². The Labute approximate surface area is 96.1 Å². The van der Waals surface area contributed by atoms with Crippen molar-refractivity contribution in [1.29, 1.82) is 0 Å². The third-order valence-electron chi connectivity index (χ3n) is 3.41. The molecule has 1 fully saturated rings. The van der Waals surface area contributed by atoms with E-state index in [0.717, 1.165) is 23.0 Å². The first-order valence-electron chi connectivity index (χ1n) is 5.58. The van der Waals surface area contributed by atoms with Crippen molar-refractivity contribution in [2.45, 2.75) is 46.0 Å². The fourth-order valence-corrected chi connectivity index (χ4v) is 2.46. The van der Waals surface area contributed by atoms with E-state index in [0.29, 0.717) is 11.1 Å². The van der Waals surface area contributed by atoms with Crippen LogP contribution < -0.4 is 0 Å². The Hall–Kier alpha value is -0.630. The van der Waals surface area contributed by atoms with Gasteiger partial charge in [0.1, 0.15) is 11.0 Å². The lowest BCUT2D eigenvalue weighted by atomic mass is 10.1. The Morgan fingerprint density at radius 3 is 2.47 bits per heavy atom. The van der Waals surface area contributed by atoms with Crippen LogP contribution in [-0.4, -0.2) is 9.97 Å². The van der Waals surface area contributed by atoms with E-state index in [4.69, 9.17) is 11.6 Å². The average molecular weight is 225 g/mol. The van der Waals surface area contributed by atoms with Gasteiger partial charge in [0.05, 0.1) is 0 Å². The zero-order valence-electron chi connectivity index (χ0n) is 9.55. The number of nitrogens with zero attached hydrogens (tertiary/aromatic N) is 2. The minimum Gasteiger partial charge on any atom is -0.238 e. The highest BCUT2D eigenvalue weighted by Gasteiger charge is 2.25. The van der Waals surface area contributed by atoms with Crippen LogP contribution in [0.4, 0.5) is 0 Å². The molecule has 1 heterocycles. The van der Waals surface area contributed by atoms with Gasteiger partial charge in [-0.15, -0.1) is 0 Å². The fraction of sp³-hybridized carbons (Fsp3) is 0.667. The molecule has 0 N–H and O–H groups in total. The molecule has 3 heteroatoms. The van der Waals surface area contributed by atoms with E-state index < -0.39 is 0 Å². The minimum atomic E-state index is 0.525. The molecule has 2 rings (SSSR count). The van der Waals surface area contributed by atoms with Gasteiger partial charge >= 0.3 is 0 Å². The van der Waals surface area contributed by atoms with Gasteiger partial charge in [0.2, 0.25) is 0 Å². The first-order valence-corrected chi connectivity index (χ1v) is 5.96. The van der Waals surface area contributed by atoms with Crippen molar-refractivity contribution in [3.63, 3.8) is 0 Å². The second kappa shape index (κ2) is 4.09. The largest absolute Gasteiger partial charge is 0.238 e. The predicted molar refractivity (Wildman–Crippen MR) is 62.3 cm³/mol. The number of halogens is 1. The van der Waals surface area contributed by atoms with E-state index in [9.17, 15) is 0 Å². The van der Waals surface area contributed by atoms with Gasteiger partial charge in [-0.05, 0) is 39.0 Å². The average Bonchev–Trinajstić information content (AvgIpc) is 2.60. The number of hydrogen-bond donors (Lipinski definition) is 0. The summed E-state index contributed by atoms with van der Waals surface area (Å²) in [7, 11) is 0. The second-order valence-corrected chi connectivity index (χ2v) is 5.06. The molecule has 0 bridgehead atoms. The van der Waals surface area contributed by atoms with Crippen LogP contribution in [0, 0.1) is 19.8 Å². The summed E-state index contributed by atoms with van der Waals surface area (Å²) in [5, 5.41) is 0.622. The summed E-state index contributed by atoms with van der Waals surface area (Å²) < 4.78 is 0. The Morgan fingerprint density at radius 1 is 1.20 bits per heavy atom. The topological polar surface area (TPSA) is 25.8 Å². The molecule has 1 saturated carbocycles. The Morgan fingerprint density at radius 2 is 1.93 bits per heavy atom. The minimum absolute atomic E-state index is 0.525. The first kappa shape index (κ1) is 10.9. The Bertz CT molecular complexity index is 353. The van der Waals surface area contributed by atoms with Crippen LogP contribution in [0.1, 0.15) is 49.2 Å². The Balaban J connectivity index is 2.29. The summed E-state index contributed by atoms with van der Waals surface area (Å²) in [5.41, 5.74) is 2.02. The monoisotopic (exact) mass is 224 g/mol. The van der Waals surface area contributed by atoms with Gasteiger partial charge in [-0.3, -0.25) is 0 Å². The van der Waals surface area contributed by atoms with Crippen LogP contribution in [0.15, 0.2) is 0 Å². The van der Waals surface area contributed by atoms with Crippen LogP contribution in [0.2, 0.25) is 5.15 Å². The van der Waals surface area contributed by atoms with Crippen molar-refractivity contribution in [1.82, 2.24) is 9.97 Å². The van der Waals surface area contributed by atoms with Gasteiger partial charge in [-0.1, -0.05) is 18.5 Å². The smallest absolute Gasteiger partial charge is 0.135 e. The lowest BCUT2D eigenvalue weighted by Crippen LogP contribution is -2.04. The lowest BCUT2D eigenvalue weighted by Gasteiger charge is -2.11. The van der Waals surface area contributed by atoms with Gasteiger partial charge in [0.25, 0.3) is 0 Å². The summed E-state index contributed by atoms with van der Waals surface area (Å²) in [6.45, 7) is 6.27. The molecule has 0 aromatic carbocycles. The maximum absolute atomic E-state index is 6.08. The van der Waals surface area contributed by atoms with Crippen molar-refractivity contribution in [2.75, 3.05) is 0 Å². The van der Waals surface area contributed by atoms with Crippen molar-refractivity contribution < 1.29 is 0 Å². The van der Waals surface area contributed by atoms with Crippen LogP contribution in [0.5, 0.6) is 0 Å². The van der Waals surface area contributed by atoms with Crippen LogP contribution in [0.3, 0.4) is 0 Å². The van der Waals surface area contributed by atoms with E-state index in [1.165, 1.54) is 19.3 Å². The molecular weight excluding hydrogens is 208 g/mol. The van der Waals surface area contributed by atoms with Crippen molar-refractivity contribution >= 4 is 11.6 Å². The number of aryl methyl sites for hydroxylation is 1. The SMILES string of the molecule is Cc1nc(C2CCC(C)C2)nc(Cl)c1C. The number of rotatable bonds is 1. The number of hydrogen-bond acceptors (Lipinski definition) is 2. The van der Waals surface area contributed by atoms with Crippen LogP contribution in [0.25, 0.3) is 0 Å². The summed E-state index contributed by atoms with van der Waals surface area (Å²) >= 11 is 6.08. The molecular formula is C12H17ClN2. The molecule has 0 amide bonds. The molecule has 2 unspecified atom stereocenters. The quantitative estimate of drug-likeness (QED) is 0.681. The molecule has 1 aromatic heterocycles. The maximum atomic E-state index is 6.08. The standard InChI is InChI=1S/C12H17ClN2/c1-7-4-5-10(6-7)12-14-9(3)8(2)11(13)15-12/h7,10H,4-6H2,1-3H3. The molecule has 0 spiro atoms. The van der Waals surface area contributed by atoms with Gasteiger partial charge in [0.15, 0.2) is 0 Å². The third-order valence-corrected chi connectivity index (χ3v) is 3.78. The molecule has 0 aliphatic heterocycles. The predicted octanol–water partition coefficient (Wildman–Crippen LogP) is 3.65. The molecule has 1 aromatic rings. The van der Waals surface area contributed by atoms with Crippen molar-refractivity contribution in [3.8, 4) is 0 Å². The van der Waals surface area contributed by atoms with Crippen LogP contribution in [-0.2, 0) is 0 Å². The highest BCUT2D eigenvalue weighted by atomic mass is 35.5. The Kier molecular flexibility index (Phi) is 2.96. The third kappa shape index (κ3) is 2.15. The fourth-order valence-electron chi connectivity index (χ4n) is 2.24. The summed E-state index contributed by atoms with van der Waals surface area (Å²) in [6.07, 6.45) is 3.71. The van der Waals surface area contributed by atoms with E-state index in [2.05, 4.69) is 16.9 Å². The second-order valence-electron chi connectivity index (χ2n) is 4.70. The molecule has 1 aliphatic rings. The zero-order valence-corrected chi connectivity index (χ0v) is 10.3. The lowest BCUT2D eigenvalue weighted by molar-refractivity contribution is 0.584. The normalized spacial score (nSPS) is 25.9. The number of aromatic nitrogens is 2. The molecule has 2 nitrogen and oxygen atoms in total. The van der Waals surface area contributed by atoms with Gasteiger partial charge in [0, 0.05) is 17.2 Å². The maximum Gasteiger partial charge on any atom is 0.135 e. The summed E-state index contributed by atoms with van der Waals surface area (Å²) in [5.74, 6) is 2.28. The molecule has 0 radical (unpaired) electrons. The van der Waals surface area contributed by atoms with Crippen molar-refractivity contribution in [2.24, 2.45) is 5.92 Å². The molecule has 82 valence electrons.